The lowest BCUT2D eigenvalue weighted by molar-refractivity contribution is -0.146. The third-order valence-corrected chi connectivity index (χ3v) is 6.18. The summed E-state index contributed by atoms with van der Waals surface area (Å²) in [6.07, 6.45) is 6.47. The lowest BCUT2D eigenvalue weighted by Gasteiger charge is -2.25. The van der Waals surface area contributed by atoms with Crippen molar-refractivity contribution >= 4 is 23.8 Å². The van der Waals surface area contributed by atoms with Crippen molar-refractivity contribution in [1.82, 2.24) is 5.01 Å². The van der Waals surface area contributed by atoms with Gasteiger partial charge in [0.25, 0.3) is 5.91 Å². The van der Waals surface area contributed by atoms with Crippen LogP contribution in [0.1, 0.15) is 47.2 Å². The van der Waals surface area contributed by atoms with E-state index < -0.39 is 0 Å². The molecule has 2 aromatic rings. The Hall–Kier alpha value is -3.39. The second-order valence-corrected chi connectivity index (χ2v) is 8.96. The number of hydrogen-bond acceptors (Lipinski definition) is 7. The normalized spacial score (nSPS) is 17.5. The summed E-state index contributed by atoms with van der Waals surface area (Å²) >= 11 is 0. The van der Waals surface area contributed by atoms with Crippen molar-refractivity contribution in [1.29, 1.82) is 0 Å². The van der Waals surface area contributed by atoms with E-state index in [-0.39, 0.29) is 30.8 Å². The van der Waals surface area contributed by atoms with Crippen LogP contribution in [0.3, 0.4) is 0 Å². The molecule has 35 heavy (non-hydrogen) atoms. The monoisotopic (exact) mass is 479 g/mol. The van der Waals surface area contributed by atoms with Crippen LogP contribution >= 0.6 is 0 Å². The number of carbonyl (C=O) groups excluding carboxylic acids is 2. The highest BCUT2D eigenvalue weighted by Crippen LogP contribution is 2.31. The minimum absolute atomic E-state index is 0.0302. The third kappa shape index (κ3) is 7.29. The molecule has 8 nitrogen and oxygen atoms in total. The Bertz CT molecular complexity index is 1030. The maximum Gasteiger partial charge on any atom is 0.306 e. The van der Waals surface area contributed by atoms with Crippen LogP contribution in [0.4, 0.5) is 5.69 Å². The summed E-state index contributed by atoms with van der Waals surface area (Å²) in [6, 6.07) is 13.0. The first-order chi connectivity index (χ1) is 17.1. The molecule has 2 aliphatic heterocycles. The molecule has 1 fully saturated rings. The zero-order valence-electron chi connectivity index (χ0n) is 20.2. The van der Waals surface area contributed by atoms with Gasteiger partial charge in [0.05, 0.1) is 25.8 Å². The average molecular weight is 480 g/mol. The van der Waals surface area contributed by atoms with E-state index in [1.54, 1.807) is 19.2 Å². The number of carbonyl (C=O) groups is 2. The molecule has 1 unspecified atom stereocenters. The lowest BCUT2D eigenvalue weighted by atomic mass is 9.93. The topological polar surface area (TPSA) is 89.5 Å². The Morgan fingerprint density at radius 2 is 1.91 bits per heavy atom. The maximum absolute atomic E-state index is 12.8. The third-order valence-electron chi connectivity index (χ3n) is 6.18. The van der Waals surface area contributed by atoms with Crippen LogP contribution in [0.5, 0.6) is 5.75 Å². The molecule has 0 bridgehead atoms. The van der Waals surface area contributed by atoms with Crippen LogP contribution in [-0.4, -0.2) is 63.1 Å². The number of esters is 1. The molecule has 1 saturated heterocycles. The van der Waals surface area contributed by atoms with Crippen LogP contribution in [0.15, 0.2) is 47.6 Å². The van der Waals surface area contributed by atoms with E-state index in [0.29, 0.717) is 30.9 Å². The van der Waals surface area contributed by atoms with Crippen molar-refractivity contribution in [2.75, 3.05) is 45.3 Å². The van der Waals surface area contributed by atoms with Gasteiger partial charge in [0, 0.05) is 37.4 Å². The van der Waals surface area contributed by atoms with E-state index >= 15 is 0 Å². The Balaban J connectivity index is 1.31. The number of methoxy groups -OCH3 is 1. The summed E-state index contributed by atoms with van der Waals surface area (Å²) in [7, 11) is 1.57. The lowest BCUT2D eigenvalue weighted by Crippen LogP contribution is -2.25. The molecule has 2 aromatic carbocycles. The van der Waals surface area contributed by atoms with Crippen molar-refractivity contribution in [2.45, 2.75) is 32.1 Å². The zero-order valence-corrected chi connectivity index (χ0v) is 20.2. The second kappa shape index (κ2) is 12.4. The van der Waals surface area contributed by atoms with Gasteiger partial charge in [0.1, 0.15) is 12.4 Å². The van der Waals surface area contributed by atoms with Crippen LogP contribution in [-0.2, 0) is 20.7 Å². The molecule has 4 rings (SSSR count). The highest BCUT2D eigenvalue weighted by atomic mass is 16.6. The van der Waals surface area contributed by atoms with Crippen molar-refractivity contribution in [3.63, 3.8) is 0 Å². The Kier molecular flexibility index (Phi) is 8.73. The molecule has 0 aliphatic carbocycles. The fraction of sp³-hybridized carbons (Fsp3) is 0.444. The van der Waals surface area contributed by atoms with E-state index in [0.717, 1.165) is 30.0 Å². The number of piperidine rings is 1. The van der Waals surface area contributed by atoms with Gasteiger partial charge in [-0.3, -0.25) is 14.6 Å². The van der Waals surface area contributed by atoms with E-state index in [4.69, 9.17) is 14.2 Å². The van der Waals surface area contributed by atoms with Gasteiger partial charge in [-0.15, -0.1) is 0 Å². The van der Waals surface area contributed by atoms with Crippen LogP contribution in [0, 0.1) is 5.92 Å². The quantitative estimate of drug-likeness (QED) is 0.333. The molecular weight excluding hydrogens is 446 g/mol. The molecule has 2 aliphatic rings. The number of ether oxygens (including phenoxy) is 3. The number of nitrogens with zero attached hydrogens (tertiary/aromatic N) is 2. The number of benzene rings is 2. The smallest absolute Gasteiger partial charge is 0.306 e. The van der Waals surface area contributed by atoms with E-state index in [1.807, 2.05) is 36.5 Å². The predicted octanol–water partition coefficient (Wildman–Crippen LogP) is 3.89. The van der Waals surface area contributed by atoms with Gasteiger partial charge in [-0.05, 0) is 67.1 Å². The molecule has 2 heterocycles. The Morgan fingerprint density at radius 3 is 2.69 bits per heavy atom. The maximum atomic E-state index is 12.8. The second-order valence-electron chi connectivity index (χ2n) is 8.96. The summed E-state index contributed by atoms with van der Waals surface area (Å²) in [5.74, 6) is 0.374. The fourth-order valence-electron chi connectivity index (χ4n) is 4.26. The summed E-state index contributed by atoms with van der Waals surface area (Å²) < 4.78 is 15.9. The molecular formula is C27H33N3O5. The minimum atomic E-state index is -0.257. The predicted molar refractivity (Wildman–Crippen MR) is 134 cm³/mol. The van der Waals surface area contributed by atoms with E-state index in [9.17, 15) is 9.59 Å². The first-order valence-electron chi connectivity index (χ1n) is 12.2. The first-order valence-corrected chi connectivity index (χ1v) is 12.2. The number of anilines is 1. The Morgan fingerprint density at radius 1 is 1.11 bits per heavy atom. The summed E-state index contributed by atoms with van der Waals surface area (Å²) in [4.78, 5) is 24.8. The van der Waals surface area contributed by atoms with Crippen molar-refractivity contribution in [3.8, 4) is 5.75 Å². The van der Waals surface area contributed by atoms with Crippen molar-refractivity contribution < 1.29 is 23.8 Å². The first kappa shape index (κ1) is 24.7. The molecule has 0 radical (unpaired) electrons. The number of fused-ring (bicyclic) bond motifs is 1. The number of nitrogens with one attached hydrogen (secondary N) is 1. The van der Waals surface area contributed by atoms with E-state index in [1.165, 1.54) is 19.3 Å². The molecule has 1 N–H and O–H groups in total. The molecule has 186 valence electrons. The number of rotatable bonds is 9. The van der Waals surface area contributed by atoms with Gasteiger partial charge in [-0.2, -0.15) is 5.10 Å². The molecule has 1 amide bonds. The van der Waals surface area contributed by atoms with Crippen LogP contribution in [0.25, 0.3) is 0 Å². The average Bonchev–Trinajstić information content (AvgIpc) is 2.88. The van der Waals surface area contributed by atoms with Gasteiger partial charge in [-0.25, -0.2) is 0 Å². The number of hydrazone groups is 1. The molecule has 1 atom stereocenters. The van der Waals surface area contributed by atoms with Gasteiger partial charge in [-0.1, -0.05) is 12.1 Å². The van der Waals surface area contributed by atoms with Crippen molar-refractivity contribution in [3.05, 3.63) is 59.2 Å². The molecule has 0 saturated carbocycles. The summed E-state index contributed by atoms with van der Waals surface area (Å²) in [6.45, 7) is 3.10. The van der Waals surface area contributed by atoms with Gasteiger partial charge < -0.3 is 19.5 Å². The molecule has 0 aromatic heterocycles. The highest BCUT2D eigenvalue weighted by Gasteiger charge is 2.23. The van der Waals surface area contributed by atoms with Gasteiger partial charge >= 0.3 is 5.97 Å². The SMILES string of the molecule is COCCOC(=O)CC1COc2ccc(NC(=O)c3ccc(C=NN4CCCCC4)cc3)cc2C1. The molecule has 0 spiro atoms. The molecule has 8 heteroatoms. The summed E-state index contributed by atoms with van der Waals surface area (Å²) in [5.41, 5.74) is 3.19. The summed E-state index contributed by atoms with van der Waals surface area (Å²) in [5, 5.41) is 9.60. The van der Waals surface area contributed by atoms with Crippen LogP contribution < -0.4 is 10.1 Å². The standard InChI is InChI=1S/C27H33N3O5/c1-33-13-14-34-26(31)16-21-15-23-17-24(9-10-25(23)35-19-21)29-27(32)22-7-5-20(6-8-22)18-28-30-11-3-2-4-12-30/h5-10,17-18,21H,2-4,11-16,19H2,1H3,(H,29,32). The fourth-order valence-corrected chi connectivity index (χ4v) is 4.26. The van der Waals surface area contributed by atoms with Gasteiger partial charge in [0.2, 0.25) is 0 Å². The number of hydrogen-bond donors (Lipinski definition) is 1. The minimum Gasteiger partial charge on any atom is -0.493 e. The number of amides is 1. The van der Waals surface area contributed by atoms with Crippen molar-refractivity contribution in [2.24, 2.45) is 11.0 Å². The van der Waals surface area contributed by atoms with Crippen LogP contribution in [0.2, 0.25) is 0 Å². The van der Waals surface area contributed by atoms with Gasteiger partial charge in [0.15, 0.2) is 0 Å². The van der Waals surface area contributed by atoms with E-state index in [2.05, 4.69) is 15.4 Å². The largest absolute Gasteiger partial charge is 0.493 e. The highest BCUT2D eigenvalue weighted by molar-refractivity contribution is 6.04. The zero-order chi connectivity index (χ0) is 24.5. The Labute approximate surface area is 206 Å².